The molecule has 0 bridgehead atoms. The van der Waals surface area contributed by atoms with Crippen LogP contribution in [0.15, 0.2) is 46.2 Å². The van der Waals surface area contributed by atoms with Crippen molar-refractivity contribution in [3.63, 3.8) is 0 Å². The van der Waals surface area contributed by atoms with Crippen LogP contribution in [-0.4, -0.2) is 24.7 Å². The molecule has 8 nitrogen and oxygen atoms in total. The highest BCUT2D eigenvalue weighted by atomic mass is 127. The molecule has 0 radical (unpaired) electrons. The molecule has 3 aromatic rings. The first-order valence-electron chi connectivity index (χ1n) is 6.24. The van der Waals surface area contributed by atoms with Gasteiger partial charge in [-0.25, -0.2) is 23.1 Å². The minimum atomic E-state index is -0.330. The van der Waals surface area contributed by atoms with Crippen LogP contribution in [0, 0.1) is 0 Å². The third-order valence-electron chi connectivity index (χ3n) is 3.51. The lowest BCUT2D eigenvalue weighted by Crippen LogP contribution is -3.00. The Bertz CT molecular complexity index is 928. The van der Waals surface area contributed by atoms with E-state index in [1.54, 1.807) is 22.5 Å². The number of hydrogen-bond acceptors (Lipinski definition) is 2. The number of hydrogen-bond donors (Lipinski definition) is 0. The maximum atomic E-state index is 12.4. The second-order valence-corrected chi connectivity index (χ2v) is 4.81. The van der Waals surface area contributed by atoms with Crippen molar-refractivity contribution in [2.45, 2.75) is 0 Å². The minimum Gasteiger partial charge on any atom is -1.00 e. The fraction of sp³-hybridized carbons (Fsp3) is 0.214. The Labute approximate surface area is 148 Å². The molecule has 9 heteroatoms. The van der Waals surface area contributed by atoms with Gasteiger partial charge in [0.25, 0.3) is 5.65 Å². The highest BCUT2D eigenvalue weighted by Gasteiger charge is 2.23. The van der Waals surface area contributed by atoms with E-state index in [1.165, 1.54) is 11.6 Å². The summed E-state index contributed by atoms with van der Waals surface area (Å²) in [5, 5.41) is 0. The smallest absolute Gasteiger partial charge is 0.388 e. The molecular formula is C14H19IN4O4. The summed E-state index contributed by atoms with van der Waals surface area (Å²) in [4.78, 5) is 24.4. The van der Waals surface area contributed by atoms with Gasteiger partial charge in [0.2, 0.25) is 5.52 Å². The standard InChI is InChI=1S/C14H15N4O2.HI.2H2O/c1-15-9-18(10-7-5-4-6-8-10)11-12(15)16(2)14(20)17(3)13(11)19;;;/h4-9H,1-3H3;1H;2*1H2/q+1;;;/p-1. The van der Waals surface area contributed by atoms with Gasteiger partial charge < -0.3 is 34.9 Å². The number of halogens is 1. The first-order valence-corrected chi connectivity index (χ1v) is 6.24. The van der Waals surface area contributed by atoms with Crippen LogP contribution in [0.3, 0.4) is 0 Å². The molecule has 2 heterocycles. The summed E-state index contributed by atoms with van der Waals surface area (Å²) < 4.78 is 6.19. The molecule has 2 aromatic heterocycles. The molecule has 0 saturated heterocycles. The van der Waals surface area contributed by atoms with Crippen molar-refractivity contribution in [1.82, 2.24) is 13.7 Å². The molecule has 0 amide bonds. The van der Waals surface area contributed by atoms with E-state index in [0.717, 1.165) is 10.3 Å². The van der Waals surface area contributed by atoms with Gasteiger partial charge in [-0.1, -0.05) is 18.2 Å². The zero-order valence-electron chi connectivity index (χ0n) is 12.9. The van der Waals surface area contributed by atoms with Gasteiger partial charge in [-0.15, -0.1) is 0 Å². The van der Waals surface area contributed by atoms with Gasteiger partial charge in [-0.3, -0.25) is 4.79 Å². The molecule has 3 rings (SSSR count). The molecule has 126 valence electrons. The van der Waals surface area contributed by atoms with Gasteiger partial charge in [0.05, 0.1) is 14.1 Å². The summed E-state index contributed by atoms with van der Waals surface area (Å²) in [6, 6.07) is 9.58. The normalized spacial score (nSPS) is 9.70. The van der Waals surface area contributed by atoms with Crippen molar-refractivity contribution in [3.8, 4) is 5.69 Å². The van der Waals surface area contributed by atoms with Gasteiger partial charge in [0.1, 0.15) is 5.69 Å². The Kier molecular flexibility index (Phi) is 6.88. The predicted molar refractivity (Wildman–Crippen MR) is 82.2 cm³/mol. The van der Waals surface area contributed by atoms with E-state index in [9.17, 15) is 9.59 Å². The zero-order valence-corrected chi connectivity index (χ0v) is 15.1. The third kappa shape index (κ3) is 3.07. The number of aromatic nitrogens is 4. The lowest BCUT2D eigenvalue weighted by Gasteiger charge is -2.01. The van der Waals surface area contributed by atoms with Gasteiger partial charge in [-0.2, -0.15) is 0 Å². The number of aryl methyl sites for hydroxylation is 2. The highest BCUT2D eigenvalue weighted by molar-refractivity contribution is 5.69. The Hall–Kier alpha value is -1.98. The highest BCUT2D eigenvalue weighted by Crippen LogP contribution is 2.11. The predicted octanol–water partition coefficient (Wildman–Crippen LogP) is -4.79. The summed E-state index contributed by atoms with van der Waals surface area (Å²) in [5.74, 6) is 0. The Morgan fingerprint density at radius 2 is 1.52 bits per heavy atom. The Morgan fingerprint density at radius 1 is 0.957 bits per heavy atom. The Balaban J connectivity index is 0.00000161. The van der Waals surface area contributed by atoms with Crippen molar-refractivity contribution in [2.24, 2.45) is 21.1 Å². The number of para-hydroxylation sites is 1. The quantitative estimate of drug-likeness (QED) is 0.283. The van der Waals surface area contributed by atoms with Gasteiger partial charge in [-0.05, 0) is 12.1 Å². The van der Waals surface area contributed by atoms with Crippen molar-refractivity contribution in [2.75, 3.05) is 0 Å². The van der Waals surface area contributed by atoms with E-state index in [2.05, 4.69) is 0 Å². The fourth-order valence-electron chi connectivity index (χ4n) is 2.50. The van der Waals surface area contributed by atoms with Gasteiger partial charge >= 0.3 is 11.2 Å². The molecule has 0 aliphatic heterocycles. The maximum Gasteiger partial charge on any atom is 0.388 e. The first kappa shape index (κ1) is 21.0. The average molecular weight is 434 g/mol. The number of nitrogens with zero attached hydrogens (tertiary/aromatic N) is 4. The number of fused-ring (bicyclic) bond motifs is 1. The SMILES string of the molecule is Cn1c(=O)c2c(n(C)c1=O)[n+](C)cn2-c1ccccc1.O.O.[I-]. The molecule has 0 atom stereocenters. The summed E-state index contributed by atoms with van der Waals surface area (Å²) >= 11 is 0. The topological polar surface area (TPSA) is 116 Å². The monoisotopic (exact) mass is 434 g/mol. The number of imidazole rings is 1. The molecule has 0 aliphatic carbocycles. The van der Waals surface area contributed by atoms with Crippen LogP contribution < -0.4 is 39.8 Å². The van der Waals surface area contributed by atoms with Crippen molar-refractivity contribution < 1.29 is 39.5 Å². The van der Waals surface area contributed by atoms with Crippen LogP contribution in [0.1, 0.15) is 0 Å². The third-order valence-corrected chi connectivity index (χ3v) is 3.51. The number of benzene rings is 1. The van der Waals surface area contributed by atoms with E-state index in [-0.39, 0.29) is 46.2 Å². The summed E-state index contributed by atoms with van der Waals surface area (Å²) in [7, 11) is 4.98. The molecule has 23 heavy (non-hydrogen) atoms. The van der Waals surface area contributed by atoms with Crippen LogP contribution in [0.2, 0.25) is 0 Å². The molecule has 0 aliphatic rings. The molecule has 0 fully saturated rings. The average Bonchev–Trinajstić information content (AvgIpc) is 2.81. The van der Waals surface area contributed by atoms with Crippen LogP contribution in [0.25, 0.3) is 16.9 Å². The molecule has 4 N–H and O–H groups in total. The Morgan fingerprint density at radius 3 is 2.09 bits per heavy atom. The van der Waals surface area contributed by atoms with Crippen molar-refractivity contribution in [3.05, 3.63) is 57.5 Å². The molecule has 0 unspecified atom stereocenters. The lowest BCUT2D eigenvalue weighted by molar-refractivity contribution is -0.648. The molecule has 1 aromatic carbocycles. The maximum absolute atomic E-state index is 12.4. The lowest BCUT2D eigenvalue weighted by atomic mass is 10.3. The van der Waals surface area contributed by atoms with E-state index in [0.29, 0.717) is 11.2 Å². The van der Waals surface area contributed by atoms with Crippen LogP contribution in [0.4, 0.5) is 0 Å². The van der Waals surface area contributed by atoms with E-state index >= 15 is 0 Å². The van der Waals surface area contributed by atoms with Crippen molar-refractivity contribution in [1.29, 1.82) is 0 Å². The second-order valence-electron chi connectivity index (χ2n) is 4.81. The van der Waals surface area contributed by atoms with Crippen molar-refractivity contribution >= 4 is 11.2 Å². The van der Waals surface area contributed by atoms with Gasteiger partial charge in [0, 0.05) is 7.05 Å². The van der Waals surface area contributed by atoms with Crippen LogP contribution in [0.5, 0.6) is 0 Å². The minimum absolute atomic E-state index is 0. The fourth-order valence-corrected chi connectivity index (χ4v) is 2.50. The van der Waals surface area contributed by atoms with Crippen LogP contribution >= 0.6 is 0 Å². The molecular weight excluding hydrogens is 415 g/mol. The summed E-state index contributed by atoms with van der Waals surface area (Å²) in [5.41, 5.74) is 1.34. The summed E-state index contributed by atoms with van der Waals surface area (Å²) in [6.07, 6.45) is 1.81. The molecule has 0 saturated carbocycles. The first-order chi connectivity index (χ1) is 9.52. The summed E-state index contributed by atoms with van der Waals surface area (Å²) in [6.45, 7) is 0. The van der Waals surface area contributed by atoms with E-state index in [1.807, 2.05) is 37.4 Å². The largest absolute Gasteiger partial charge is 1.00 e. The zero-order chi connectivity index (χ0) is 14.4. The second kappa shape index (κ2) is 7.53. The molecule has 0 spiro atoms. The van der Waals surface area contributed by atoms with Gasteiger partial charge in [0.15, 0.2) is 6.33 Å². The number of rotatable bonds is 1. The van der Waals surface area contributed by atoms with Crippen LogP contribution in [-0.2, 0) is 21.1 Å². The van der Waals surface area contributed by atoms with E-state index in [4.69, 9.17) is 0 Å². The van der Waals surface area contributed by atoms with E-state index < -0.39 is 0 Å².